The van der Waals surface area contributed by atoms with E-state index in [1.165, 1.54) is 5.57 Å². The summed E-state index contributed by atoms with van der Waals surface area (Å²) in [4.78, 5) is 0. The van der Waals surface area contributed by atoms with Gasteiger partial charge in [-0.2, -0.15) is 0 Å². The van der Waals surface area contributed by atoms with Gasteiger partial charge in [0.25, 0.3) is 0 Å². The molecule has 0 saturated heterocycles. The fourth-order valence-electron chi connectivity index (χ4n) is 0.734. The molecule has 0 amide bonds. The van der Waals surface area contributed by atoms with E-state index < -0.39 is 0 Å². The van der Waals surface area contributed by atoms with Crippen LogP contribution in [0.2, 0.25) is 0 Å². The van der Waals surface area contributed by atoms with Crippen molar-refractivity contribution in [3.05, 3.63) is 23.8 Å². The third kappa shape index (κ3) is 4.37. The van der Waals surface area contributed by atoms with Crippen LogP contribution in [0.25, 0.3) is 0 Å². The Hall–Kier alpha value is -0.520. The maximum absolute atomic E-state index is 2.23. The largest absolute Gasteiger partial charge is 0.0845 e. The molecule has 0 aliphatic heterocycles. The van der Waals surface area contributed by atoms with Crippen LogP contribution in [0.5, 0.6) is 0 Å². The third-order valence-electron chi connectivity index (χ3n) is 1.47. The summed E-state index contributed by atoms with van der Waals surface area (Å²) in [7, 11) is 0. The molecule has 0 spiro atoms. The number of rotatable bonds is 3. The maximum atomic E-state index is 2.23. The normalized spacial score (nSPS) is 13.5. The van der Waals surface area contributed by atoms with E-state index in [1.54, 1.807) is 0 Å². The van der Waals surface area contributed by atoms with E-state index in [0.29, 0.717) is 5.92 Å². The minimum Gasteiger partial charge on any atom is -0.0845 e. The predicted octanol–water partition coefficient (Wildman–Crippen LogP) is 3.55. The van der Waals surface area contributed by atoms with E-state index in [4.69, 9.17) is 0 Å². The van der Waals surface area contributed by atoms with Gasteiger partial charge in [0.15, 0.2) is 0 Å². The van der Waals surface area contributed by atoms with Gasteiger partial charge in [-0.25, -0.2) is 0 Å². The molecule has 0 radical (unpaired) electrons. The second-order valence-corrected chi connectivity index (χ2v) is 2.82. The molecule has 0 aliphatic carbocycles. The van der Waals surface area contributed by atoms with Crippen molar-refractivity contribution >= 4 is 0 Å². The Labute approximate surface area is 64.6 Å². The molecule has 0 unspecified atom stereocenters. The van der Waals surface area contributed by atoms with E-state index in [9.17, 15) is 0 Å². The zero-order chi connectivity index (χ0) is 7.98. The maximum Gasteiger partial charge on any atom is -0.0287 e. The molecule has 10 heavy (non-hydrogen) atoms. The molecular weight excluding hydrogens is 120 g/mol. The third-order valence-corrected chi connectivity index (χ3v) is 1.47. The molecule has 0 nitrogen and oxygen atoms in total. The van der Waals surface area contributed by atoms with E-state index in [0.717, 1.165) is 6.42 Å². The summed E-state index contributed by atoms with van der Waals surface area (Å²) >= 11 is 0. The van der Waals surface area contributed by atoms with Crippen LogP contribution in [0.4, 0.5) is 0 Å². The van der Waals surface area contributed by atoms with Gasteiger partial charge < -0.3 is 0 Å². The Morgan fingerprint density at radius 3 is 2.30 bits per heavy atom. The van der Waals surface area contributed by atoms with Gasteiger partial charge in [0.05, 0.1) is 0 Å². The topological polar surface area (TPSA) is 0 Å². The summed E-state index contributed by atoms with van der Waals surface area (Å²) in [5.41, 5.74) is 1.42. The molecule has 0 N–H and O–H groups in total. The molecular formula is C10H18. The van der Waals surface area contributed by atoms with Gasteiger partial charge in [-0.3, -0.25) is 0 Å². The Morgan fingerprint density at radius 2 is 2.00 bits per heavy atom. The minimum atomic E-state index is 0.668. The lowest BCUT2D eigenvalue weighted by molar-refractivity contribution is 0.829. The van der Waals surface area contributed by atoms with E-state index >= 15 is 0 Å². The molecule has 0 saturated carbocycles. The Kier molecular flexibility index (Phi) is 5.00. The first-order chi connectivity index (χ1) is 4.70. The molecule has 58 valence electrons. The predicted molar refractivity (Wildman–Crippen MR) is 48.0 cm³/mol. The van der Waals surface area contributed by atoms with Crippen molar-refractivity contribution < 1.29 is 0 Å². The summed E-state index contributed by atoms with van der Waals surface area (Å²) in [6.07, 6.45) is 7.75. The highest BCUT2D eigenvalue weighted by molar-refractivity contribution is 5.17. The minimum absolute atomic E-state index is 0.668. The van der Waals surface area contributed by atoms with E-state index in [-0.39, 0.29) is 0 Å². The summed E-state index contributed by atoms with van der Waals surface area (Å²) in [6.45, 7) is 8.66. The number of allylic oxidation sites excluding steroid dienone is 4. The molecule has 0 fully saturated rings. The highest BCUT2D eigenvalue weighted by Gasteiger charge is 1.86. The van der Waals surface area contributed by atoms with Gasteiger partial charge in [0.1, 0.15) is 0 Å². The van der Waals surface area contributed by atoms with E-state index in [2.05, 4.69) is 45.9 Å². The molecule has 0 aliphatic rings. The van der Waals surface area contributed by atoms with Crippen molar-refractivity contribution in [3.8, 4) is 0 Å². The van der Waals surface area contributed by atoms with Crippen LogP contribution in [0, 0.1) is 5.92 Å². The van der Waals surface area contributed by atoms with Gasteiger partial charge >= 0.3 is 0 Å². The van der Waals surface area contributed by atoms with Crippen LogP contribution in [-0.4, -0.2) is 0 Å². The Morgan fingerprint density at radius 1 is 1.40 bits per heavy atom. The Bertz CT molecular complexity index is 127. The first-order valence-electron chi connectivity index (χ1n) is 4.04. The molecule has 0 heterocycles. The van der Waals surface area contributed by atoms with Crippen molar-refractivity contribution in [2.75, 3.05) is 0 Å². The van der Waals surface area contributed by atoms with Gasteiger partial charge in [-0.1, -0.05) is 44.6 Å². The van der Waals surface area contributed by atoms with Crippen LogP contribution >= 0.6 is 0 Å². The van der Waals surface area contributed by atoms with Crippen molar-refractivity contribution in [3.63, 3.8) is 0 Å². The van der Waals surface area contributed by atoms with Crippen molar-refractivity contribution in [2.24, 2.45) is 5.92 Å². The molecule has 0 heteroatoms. The molecule has 0 aromatic carbocycles. The van der Waals surface area contributed by atoms with Gasteiger partial charge in [-0.05, 0) is 19.3 Å². The average Bonchev–Trinajstić information content (AvgIpc) is 1.90. The first-order valence-corrected chi connectivity index (χ1v) is 4.04. The van der Waals surface area contributed by atoms with Gasteiger partial charge in [0.2, 0.25) is 0 Å². The van der Waals surface area contributed by atoms with Gasteiger partial charge in [0, 0.05) is 0 Å². The van der Waals surface area contributed by atoms with E-state index in [1.807, 2.05) is 0 Å². The van der Waals surface area contributed by atoms with Crippen LogP contribution in [0.15, 0.2) is 23.8 Å². The molecule has 0 aromatic heterocycles. The molecule has 0 bridgehead atoms. The van der Waals surface area contributed by atoms with Crippen LogP contribution in [-0.2, 0) is 0 Å². The van der Waals surface area contributed by atoms with Gasteiger partial charge in [-0.15, -0.1) is 0 Å². The monoisotopic (exact) mass is 138 g/mol. The van der Waals surface area contributed by atoms with Crippen LogP contribution in [0.1, 0.15) is 34.1 Å². The van der Waals surface area contributed by atoms with Crippen LogP contribution in [0.3, 0.4) is 0 Å². The average molecular weight is 138 g/mol. The SMILES string of the molecule is CC=C(C=CC(C)C)CC. The van der Waals surface area contributed by atoms with Crippen LogP contribution < -0.4 is 0 Å². The summed E-state index contributed by atoms with van der Waals surface area (Å²) in [5, 5.41) is 0. The second-order valence-electron chi connectivity index (χ2n) is 2.82. The lowest BCUT2D eigenvalue weighted by Crippen LogP contribution is -1.79. The first kappa shape index (κ1) is 9.48. The summed E-state index contributed by atoms with van der Waals surface area (Å²) in [6, 6.07) is 0. The zero-order valence-corrected chi connectivity index (χ0v) is 7.52. The van der Waals surface area contributed by atoms with Crippen molar-refractivity contribution in [2.45, 2.75) is 34.1 Å². The lowest BCUT2D eigenvalue weighted by Gasteiger charge is -1.96. The summed E-state index contributed by atoms with van der Waals surface area (Å²) < 4.78 is 0. The zero-order valence-electron chi connectivity index (χ0n) is 7.52. The fourth-order valence-corrected chi connectivity index (χ4v) is 0.734. The molecule has 0 aromatic rings. The second kappa shape index (κ2) is 5.28. The molecule has 0 rings (SSSR count). The highest BCUT2D eigenvalue weighted by atomic mass is 13.9. The number of hydrogen-bond donors (Lipinski definition) is 0. The summed E-state index contributed by atoms with van der Waals surface area (Å²) in [5.74, 6) is 0.668. The Balaban J connectivity index is 3.86. The van der Waals surface area contributed by atoms with Crippen molar-refractivity contribution in [1.82, 2.24) is 0 Å². The fraction of sp³-hybridized carbons (Fsp3) is 0.600. The quantitative estimate of drug-likeness (QED) is 0.523. The standard InChI is InChI=1S/C10H18/c1-5-10(6-2)8-7-9(3)4/h5,7-9H,6H2,1-4H3. The lowest BCUT2D eigenvalue weighted by atomic mass is 10.1. The van der Waals surface area contributed by atoms with Crippen molar-refractivity contribution in [1.29, 1.82) is 0 Å². The smallest absolute Gasteiger partial charge is 0.0287 e. The highest BCUT2D eigenvalue weighted by Crippen LogP contribution is 2.04. The molecule has 0 atom stereocenters. The number of hydrogen-bond acceptors (Lipinski definition) is 0.